The normalized spacial score (nSPS) is 10.7. The summed E-state index contributed by atoms with van der Waals surface area (Å²) in [5, 5.41) is 7.57. The summed E-state index contributed by atoms with van der Waals surface area (Å²) in [4.78, 5) is 17.0. The second-order valence-corrected chi connectivity index (χ2v) is 5.66. The summed E-state index contributed by atoms with van der Waals surface area (Å²) in [6, 6.07) is 19.2. The molecule has 0 saturated heterocycles. The number of carbonyl (C=O) groups excluding carboxylic acids is 1. The molecule has 25 heavy (non-hydrogen) atoms. The average molecular weight is 328 g/mol. The van der Waals surface area contributed by atoms with E-state index in [4.69, 9.17) is 0 Å². The van der Waals surface area contributed by atoms with Crippen molar-refractivity contribution in [2.24, 2.45) is 0 Å². The maximum Gasteiger partial charge on any atom is 0.256 e. The number of rotatable bonds is 4. The number of fused-ring (bicyclic) bond motifs is 1. The highest BCUT2D eigenvalue weighted by Gasteiger charge is 2.20. The molecule has 0 spiro atoms. The molecule has 0 saturated carbocycles. The van der Waals surface area contributed by atoms with Gasteiger partial charge in [-0.1, -0.05) is 42.5 Å². The van der Waals surface area contributed by atoms with E-state index in [0.717, 1.165) is 16.6 Å². The van der Waals surface area contributed by atoms with Gasteiger partial charge in [-0.2, -0.15) is 5.10 Å². The lowest BCUT2D eigenvalue weighted by Gasteiger charge is -2.06. The molecule has 1 aromatic carbocycles. The third kappa shape index (κ3) is 2.99. The van der Waals surface area contributed by atoms with E-state index >= 15 is 0 Å². The van der Waals surface area contributed by atoms with Gasteiger partial charge in [-0.05, 0) is 23.8 Å². The summed E-state index contributed by atoms with van der Waals surface area (Å²) in [5.74, 6) is -0.149. The number of amides is 1. The fourth-order valence-electron chi connectivity index (χ4n) is 2.79. The molecule has 1 amide bonds. The number of nitrogens with zero attached hydrogens (tertiary/aromatic N) is 3. The van der Waals surface area contributed by atoms with E-state index in [-0.39, 0.29) is 5.91 Å². The molecule has 0 aliphatic heterocycles. The zero-order valence-electron chi connectivity index (χ0n) is 13.5. The summed E-state index contributed by atoms with van der Waals surface area (Å²) in [6.45, 7) is 0.422. The second kappa shape index (κ2) is 6.57. The Bertz CT molecular complexity index is 1010. The zero-order chi connectivity index (χ0) is 17.1. The molecular formula is C20H16N4O. The van der Waals surface area contributed by atoms with Crippen LogP contribution in [-0.2, 0) is 6.54 Å². The lowest BCUT2D eigenvalue weighted by molar-refractivity contribution is 0.0953. The minimum absolute atomic E-state index is 0.149. The first kappa shape index (κ1) is 15.1. The topological polar surface area (TPSA) is 59.3 Å². The third-order valence-corrected chi connectivity index (χ3v) is 3.99. The molecule has 0 atom stereocenters. The summed E-state index contributed by atoms with van der Waals surface area (Å²) in [6.07, 6.45) is 5.30. The minimum atomic E-state index is -0.149. The highest BCUT2D eigenvalue weighted by Crippen LogP contribution is 2.26. The fourth-order valence-corrected chi connectivity index (χ4v) is 2.79. The molecule has 0 radical (unpaired) electrons. The number of nitrogens with one attached hydrogen (secondary N) is 1. The Balaban J connectivity index is 1.73. The maximum absolute atomic E-state index is 12.9. The van der Waals surface area contributed by atoms with Crippen molar-refractivity contribution in [2.45, 2.75) is 6.54 Å². The highest BCUT2D eigenvalue weighted by molar-refractivity contribution is 6.06. The van der Waals surface area contributed by atoms with E-state index in [1.807, 2.05) is 66.9 Å². The Morgan fingerprint density at radius 1 is 1.00 bits per heavy atom. The van der Waals surface area contributed by atoms with Crippen molar-refractivity contribution in [1.82, 2.24) is 19.9 Å². The van der Waals surface area contributed by atoms with Gasteiger partial charge in [-0.15, -0.1) is 0 Å². The van der Waals surface area contributed by atoms with E-state index in [1.54, 1.807) is 16.9 Å². The summed E-state index contributed by atoms with van der Waals surface area (Å²) in [7, 11) is 0. The van der Waals surface area contributed by atoms with Crippen LogP contribution >= 0.6 is 0 Å². The Hall–Kier alpha value is -3.47. The molecule has 5 heteroatoms. The Morgan fingerprint density at radius 3 is 2.64 bits per heavy atom. The minimum Gasteiger partial charge on any atom is -0.348 e. The van der Waals surface area contributed by atoms with Gasteiger partial charge in [0.2, 0.25) is 0 Å². The van der Waals surface area contributed by atoms with Gasteiger partial charge in [0.25, 0.3) is 5.91 Å². The Morgan fingerprint density at radius 2 is 1.84 bits per heavy atom. The molecule has 0 fully saturated rings. The van der Waals surface area contributed by atoms with Crippen molar-refractivity contribution in [1.29, 1.82) is 0 Å². The molecule has 3 aromatic heterocycles. The van der Waals surface area contributed by atoms with Gasteiger partial charge in [-0.3, -0.25) is 9.78 Å². The number of hydrogen-bond donors (Lipinski definition) is 1. The predicted molar refractivity (Wildman–Crippen MR) is 96.0 cm³/mol. The lowest BCUT2D eigenvalue weighted by atomic mass is 10.1. The van der Waals surface area contributed by atoms with E-state index in [9.17, 15) is 4.79 Å². The van der Waals surface area contributed by atoms with Gasteiger partial charge in [0.15, 0.2) is 0 Å². The third-order valence-electron chi connectivity index (χ3n) is 3.99. The SMILES string of the molecule is O=C(NCc1cccnc1)c1c(-c2ccccc2)nn2ccccc12. The van der Waals surface area contributed by atoms with Crippen molar-refractivity contribution in [2.75, 3.05) is 0 Å². The molecule has 0 aliphatic carbocycles. The Kier molecular flexibility index (Phi) is 3.96. The van der Waals surface area contributed by atoms with Gasteiger partial charge in [0, 0.05) is 30.7 Å². The molecule has 1 N–H and O–H groups in total. The molecule has 3 heterocycles. The number of benzene rings is 1. The van der Waals surface area contributed by atoms with Crippen LogP contribution in [0.25, 0.3) is 16.8 Å². The number of carbonyl (C=O) groups is 1. The first-order valence-electron chi connectivity index (χ1n) is 8.03. The molecule has 0 aliphatic rings. The van der Waals surface area contributed by atoms with Crippen LogP contribution < -0.4 is 5.32 Å². The van der Waals surface area contributed by atoms with E-state index in [0.29, 0.717) is 17.8 Å². The van der Waals surface area contributed by atoms with Crippen molar-refractivity contribution in [3.63, 3.8) is 0 Å². The zero-order valence-corrected chi connectivity index (χ0v) is 13.5. The summed E-state index contributed by atoms with van der Waals surface area (Å²) in [5.41, 5.74) is 3.91. The molecular weight excluding hydrogens is 312 g/mol. The van der Waals surface area contributed by atoms with Gasteiger partial charge < -0.3 is 5.32 Å². The largest absolute Gasteiger partial charge is 0.348 e. The first-order valence-corrected chi connectivity index (χ1v) is 8.03. The van der Waals surface area contributed by atoms with Crippen LogP contribution in [0.15, 0.2) is 79.3 Å². The van der Waals surface area contributed by atoms with Crippen LogP contribution in [0.2, 0.25) is 0 Å². The van der Waals surface area contributed by atoms with Crippen LogP contribution in [0.1, 0.15) is 15.9 Å². The van der Waals surface area contributed by atoms with Crippen LogP contribution in [0.5, 0.6) is 0 Å². The summed E-state index contributed by atoms with van der Waals surface area (Å²) >= 11 is 0. The molecule has 4 rings (SSSR count). The highest BCUT2D eigenvalue weighted by atomic mass is 16.1. The maximum atomic E-state index is 12.9. The molecule has 0 unspecified atom stereocenters. The standard InChI is InChI=1S/C20H16N4O/c25-20(22-14-15-7-6-11-21-13-15)18-17-10-4-5-12-24(17)23-19(18)16-8-2-1-3-9-16/h1-13H,14H2,(H,22,25). The van der Waals surface area contributed by atoms with Gasteiger partial charge in [0.1, 0.15) is 5.69 Å². The van der Waals surface area contributed by atoms with Gasteiger partial charge in [-0.25, -0.2) is 4.52 Å². The number of aromatic nitrogens is 3. The van der Waals surface area contributed by atoms with Crippen molar-refractivity contribution in [3.05, 3.63) is 90.4 Å². The van der Waals surface area contributed by atoms with E-state index in [1.165, 1.54) is 0 Å². The van der Waals surface area contributed by atoms with Crippen LogP contribution in [0, 0.1) is 0 Å². The van der Waals surface area contributed by atoms with Crippen LogP contribution in [0.3, 0.4) is 0 Å². The van der Waals surface area contributed by atoms with Crippen LogP contribution in [-0.4, -0.2) is 20.5 Å². The van der Waals surface area contributed by atoms with Crippen molar-refractivity contribution in [3.8, 4) is 11.3 Å². The van der Waals surface area contributed by atoms with Gasteiger partial charge >= 0.3 is 0 Å². The van der Waals surface area contributed by atoms with Crippen LogP contribution in [0.4, 0.5) is 0 Å². The molecule has 0 bridgehead atoms. The molecule has 4 aromatic rings. The quantitative estimate of drug-likeness (QED) is 0.625. The van der Waals surface area contributed by atoms with Crippen molar-refractivity contribution >= 4 is 11.4 Å². The number of pyridine rings is 2. The molecule has 5 nitrogen and oxygen atoms in total. The predicted octanol–water partition coefficient (Wildman–Crippen LogP) is 3.33. The molecule has 122 valence electrons. The summed E-state index contributed by atoms with van der Waals surface area (Å²) < 4.78 is 1.74. The smallest absolute Gasteiger partial charge is 0.256 e. The second-order valence-electron chi connectivity index (χ2n) is 5.66. The van der Waals surface area contributed by atoms with E-state index < -0.39 is 0 Å². The fraction of sp³-hybridized carbons (Fsp3) is 0.0500. The Labute approximate surface area is 145 Å². The van der Waals surface area contributed by atoms with Crippen molar-refractivity contribution < 1.29 is 4.79 Å². The van der Waals surface area contributed by atoms with Gasteiger partial charge in [0.05, 0.1) is 11.1 Å². The van der Waals surface area contributed by atoms with E-state index in [2.05, 4.69) is 15.4 Å². The average Bonchev–Trinajstić information content (AvgIpc) is 3.07. The number of hydrogen-bond acceptors (Lipinski definition) is 3. The monoisotopic (exact) mass is 328 g/mol. The first-order chi connectivity index (χ1) is 12.3. The lowest BCUT2D eigenvalue weighted by Crippen LogP contribution is -2.23.